The monoisotopic (exact) mass is 224 g/mol. The second-order valence-corrected chi connectivity index (χ2v) is 5.99. The molecule has 0 aromatic rings. The van der Waals surface area contributed by atoms with Crippen LogP contribution in [-0.2, 0) is 0 Å². The zero-order valence-electron chi connectivity index (χ0n) is 11.1. The number of rotatable bonds is 3. The van der Waals surface area contributed by atoms with Crippen molar-refractivity contribution < 1.29 is 0 Å². The van der Waals surface area contributed by atoms with Crippen molar-refractivity contribution in [3.05, 3.63) is 0 Å². The lowest BCUT2D eigenvalue weighted by Gasteiger charge is -2.47. The highest BCUT2D eigenvalue weighted by molar-refractivity contribution is 4.92. The minimum atomic E-state index is 0.624. The van der Waals surface area contributed by atoms with Crippen molar-refractivity contribution in [2.45, 2.75) is 58.4 Å². The van der Waals surface area contributed by atoms with Crippen molar-refractivity contribution in [2.75, 3.05) is 26.2 Å². The Morgan fingerprint density at radius 3 is 2.81 bits per heavy atom. The van der Waals surface area contributed by atoms with Crippen LogP contribution >= 0.6 is 0 Å². The molecule has 2 fully saturated rings. The summed E-state index contributed by atoms with van der Waals surface area (Å²) in [6, 6.07) is 0.795. The number of hydrogen-bond donors (Lipinski definition) is 1. The molecule has 2 rings (SSSR count). The molecule has 0 aromatic carbocycles. The minimum absolute atomic E-state index is 0.624. The van der Waals surface area contributed by atoms with Gasteiger partial charge in [-0.2, -0.15) is 0 Å². The van der Waals surface area contributed by atoms with E-state index in [9.17, 15) is 0 Å². The third kappa shape index (κ3) is 2.78. The quantitative estimate of drug-likeness (QED) is 0.793. The highest BCUT2D eigenvalue weighted by Gasteiger charge is 2.37. The zero-order chi connectivity index (χ0) is 11.4. The first-order valence-electron chi connectivity index (χ1n) is 7.20. The Morgan fingerprint density at radius 1 is 1.31 bits per heavy atom. The van der Waals surface area contributed by atoms with Crippen molar-refractivity contribution in [3.63, 3.8) is 0 Å². The first-order chi connectivity index (χ1) is 7.76. The summed E-state index contributed by atoms with van der Waals surface area (Å²) >= 11 is 0. The average Bonchev–Trinajstić information content (AvgIpc) is 2.30. The van der Waals surface area contributed by atoms with E-state index < -0.39 is 0 Å². The lowest BCUT2D eigenvalue weighted by molar-refractivity contribution is 0.0396. The maximum Gasteiger partial charge on any atom is 0.00670 e. The highest BCUT2D eigenvalue weighted by atomic mass is 15.2. The van der Waals surface area contributed by atoms with Gasteiger partial charge < -0.3 is 10.2 Å². The molecule has 2 atom stereocenters. The molecule has 2 aliphatic heterocycles. The van der Waals surface area contributed by atoms with E-state index in [1.165, 1.54) is 64.7 Å². The number of hydrogen-bond acceptors (Lipinski definition) is 2. The SMILES string of the molecule is CCCC(C)N1CCCC2(CCCNC2)C1. The standard InChI is InChI=1S/C14H28N2/c1-3-6-13(2)16-10-5-8-14(12-16)7-4-9-15-11-14/h13,15H,3-12H2,1-2H3. The van der Waals surface area contributed by atoms with Gasteiger partial charge in [0.25, 0.3) is 0 Å². The second kappa shape index (κ2) is 5.50. The van der Waals surface area contributed by atoms with Gasteiger partial charge >= 0.3 is 0 Å². The normalized spacial score (nSPS) is 34.1. The van der Waals surface area contributed by atoms with Crippen LogP contribution in [0.3, 0.4) is 0 Å². The van der Waals surface area contributed by atoms with E-state index in [2.05, 4.69) is 24.1 Å². The number of likely N-dealkylation sites (tertiary alicyclic amines) is 1. The van der Waals surface area contributed by atoms with Gasteiger partial charge in [-0.05, 0) is 57.5 Å². The molecule has 2 unspecified atom stereocenters. The molecule has 0 aromatic heterocycles. The van der Waals surface area contributed by atoms with Crippen LogP contribution in [0.25, 0.3) is 0 Å². The van der Waals surface area contributed by atoms with Crippen molar-refractivity contribution in [1.29, 1.82) is 0 Å². The van der Waals surface area contributed by atoms with Gasteiger partial charge in [-0.3, -0.25) is 0 Å². The van der Waals surface area contributed by atoms with E-state index in [0.717, 1.165) is 6.04 Å². The number of nitrogens with one attached hydrogen (secondary N) is 1. The summed E-state index contributed by atoms with van der Waals surface area (Å²) in [4.78, 5) is 2.75. The molecular weight excluding hydrogens is 196 g/mol. The Hall–Kier alpha value is -0.0800. The van der Waals surface area contributed by atoms with Crippen LogP contribution < -0.4 is 5.32 Å². The van der Waals surface area contributed by atoms with Crippen molar-refractivity contribution in [3.8, 4) is 0 Å². The third-order valence-electron chi connectivity index (χ3n) is 4.58. The molecular formula is C14H28N2. The van der Waals surface area contributed by atoms with Gasteiger partial charge in [0.1, 0.15) is 0 Å². The van der Waals surface area contributed by atoms with E-state index in [1.807, 2.05) is 0 Å². The largest absolute Gasteiger partial charge is 0.316 e. The van der Waals surface area contributed by atoms with Gasteiger partial charge in [0.05, 0.1) is 0 Å². The van der Waals surface area contributed by atoms with Gasteiger partial charge in [-0.1, -0.05) is 13.3 Å². The van der Waals surface area contributed by atoms with Crippen molar-refractivity contribution in [2.24, 2.45) is 5.41 Å². The minimum Gasteiger partial charge on any atom is -0.316 e. The molecule has 2 nitrogen and oxygen atoms in total. The summed E-state index contributed by atoms with van der Waals surface area (Å²) in [6.07, 6.45) is 8.39. The Morgan fingerprint density at radius 2 is 2.12 bits per heavy atom. The second-order valence-electron chi connectivity index (χ2n) is 5.99. The molecule has 1 spiro atoms. The maximum absolute atomic E-state index is 3.61. The molecule has 0 aliphatic carbocycles. The topological polar surface area (TPSA) is 15.3 Å². The lowest BCUT2D eigenvalue weighted by atomic mass is 9.74. The average molecular weight is 224 g/mol. The van der Waals surface area contributed by atoms with E-state index >= 15 is 0 Å². The fourth-order valence-corrected chi connectivity index (χ4v) is 3.60. The molecule has 1 N–H and O–H groups in total. The summed E-state index contributed by atoms with van der Waals surface area (Å²) < 4.78 is 0. The van der Waals surface area contributed by atoms with E-state index in [0.29, 0.717) is 5.41 Å². The third-order valence-corrected chi connectivity index (χ3v) is 4.58. The van der Waals surface area contributed by atoms with Crippen LogP contribution in [0, 0.1) is 5.41 Å². The molecule has 2 heterocycles. The Balaban J connectivity index is 1.92. The molecule has 2 heteroatoms. The molecule has 94 valence electrons. The summed E-state index contributed by atoms with van der Waals surface area (Å²) in [7, 11) is 0. The van der Waals surface area contributed by atoms with Gasteiger partial charge in [0.2, 0.25) is 0 Å². The van der Waals surface area contributed by atoms with Gasteiger partial charge in [-0.15, -0.1) is 0 Å². The lowest BCUT2D eigenvalue weighted by Crippen LogP contribution is -2.53. The van der Waals surface area contributed by atoms with E-state index in [-0.39, 0.29) is 0 Å². The van der Waals surface area contributed by atoms with Gasteiger partial charge in [-0.25, -0.2) is 0 Å². The fourth-order valence-electron chi connectivity index (χ4n) is 3.60. The molecule has 0 radical (unpaired) electrons. The first kappa shape index (κ1) is 12.4. The molecule has 16 heavy (non-hydrogen) atoms. The summed E-state index contributed by atoms with van der Waals surface area (Å²) in [5.41, 5.74) is 0.624. The van der Waals surface area contributed by atoms with Crippen LogP contribution in [-0.4, -0.2) is 37.1 Å². The molecule has 0 saturated carbocycles. The summed E-state index contributed by atoms with van der Waals surface area (Å²) in [5, 5.41) is 3.61. The van der Waals surface area contributed by atoms with Gasteiger partial charge in [0.15, 0.2) is 0 Å². The molecule has 0 amide bonds. The van der Waals surface area contributed by atoms with Crippen LogP contribution in [0.4, 0.5) is 0 Å². The summed E-state index contributed by atoms with van der Waals surface area (Å²) in [5.74, 6) is 0. The van der Waals surface area contributed by atoms with E-state index in [1.54, 1.807) is 0 Å². The molecule has 2 saturated heterocycles. The van der Waals surface area contributed by atoms with Gasteiger partial charge in [0, 0.05) is 19.1 Å². The number of piperidine rings is 2. The van der Waals surface area contributed by atoms with Crippen molar-refractivity contribution >= 4 is 0 Å². The first-order valence-corrected chi connectivity index (χ1v) is 7.20. The molecule has 2 aliphatic rings. The zero-order valence-corrected chi connectivity index (χ0v) is 11.1. The summed E-state index contributed by atoms with van der Waals surface area (Å²) in [6.45, 7) is 9.91. The Bertz CT molecular complexity index is 203. The van der Waals surface area contributed by atoms with Crippen LogP contribution in [0.2, 0.25) is 0 Å². The smallest absolute Gasteiger partial charge is 0.00670 e. The maximum atomic E-state index is 3.61. The van der Waals surface area contributed by atoms with Crippen LogP contribution in [0.1, 0.15) is 52.4 Å². The fraction of sp³-hybridized carbons (Fsp3) is 1.00. The van der Waals surface area contributed by atoms with E-state index in [4.69, 9.17) is 0 Å². The van der Waals surface area contributed by atoms with Crippen molar-refractivity contribution in [1.82, 2.24) is 10.2 Å². The van der Waals surface area contributed by atoms with Crippen LogP contribution in [0.5, 0.6) is 0 Å². The predicted octanol–water partition coefficient (Wildman–Crippen LogP) is 2.64. The van der Waals surface area contributed by atoms with Crippen LogP contribution in [0.15, 0.2) is 0 Å². The predicted molar refractivity (Wildman–Crippen MR) is 69.7 cm³/mol. The number of nitrogens with zero attached hydrogens (tertiary/aromatic N) is 1. The Labute approximate surface area is 101 Å². The highest BCUT2D eigenvalue weighted by Crippen LogP contribution is 2.36. The molecule has 0 bridgehead atoms. The Kier molecular flexibility index (Phi) is 4.26.